The number of ether oxygens (including phenoxy) is 2. The number of fused-ring (bicyclic) bond motifs is 1. The van der Waals surface area contributed by atoms with E-state index in [-0.39, 0.29) is 17.0 Å². The second-order valence-electron chi connectivity index (χ2n) is 11.7. The number of aromatic amines is 1. The standard InChI is InChI=1S/C34H54N5O4P/c35-34-37-32-31(33(40)38-34)36-28-39(32)23-26-43-29-44(41)27-19-25-42-24-18-13-11-9-7-5-3-1-2-4-6-8-10-12-15-20-30-21-16-14-17-22-30/h14,16-17,21-22,28-29H,1-13,15,18-20,23-27H2,(H3,35,37,38,40). The smallest absolute Gasteiger partial charge is 0.280 e. The quantitative estimate of drug-likeness (QED) is 0.0745. The van der Waals surface area contributed by atoms with E-state index in [9.17, 15) is 9.69 Å². The lowest BCUT2D eigenvalue weighted by Crippen LogP contribution is -2.13. The maximum atomic E-state index is 12.2. The third-order valence-corrected chi connectivity index (χ3v) is 9.04. The van der Waals surface area contributed by atoms with Gasteiger partial charge in [0.05, 0.1) is 27.3 Å². The molecule has 0 radical (unpaired) electrons. The Bertz CT molecular complexity index is 1250. The van der Waals surface area contributed by atoms with E-state index in [0.717, 1.165) is 19.4 Å². The molecular weight excluding hydrogens is 573 g/mol. The summed E-state index contributed by atoms with van der Waals surface area (Å²) in [5.74, 6) is 1.44. The lowest BCUT2D eigenvalue weighted by Gasteiger charge is -2.05. The van der Waals surface area contributed by atoms with Crippen LogP contribution in [0.25, 0.3) is 11.2 Å². The molecule has 1 aromatic carbocycles. The Kier molecular flexibility index (Phi) is 18.6. The molecule has 0 aliphatic rings. The van der Waals surface area contributed by atoms with Crippen molar-refractivity contribution in [2.75, 3.05) is 31.7 Å². The zero-order chi connectivity index (χ0) is 31.1. The zero-order valence-electron chi connectivity index (χ0n) is 26.6. The third-order valence-electron chi connectivity index (χ3n) is 7.90. The molecule has 0 spiro atoms. The van der Waals surface area contributed by atoms with E-state index in [1.807, 2.05) is 0 Å². The number of benzene rings is 1. The summed E-state index contributed by atoms with van der Waals surface area (Å²) in [4.78, 5) is 34.6. The second-order valence-corrected chi connectivity index (χ2v) is 13.2. The summed E-state index contributed by atoms with van der Waals surface area (Å²) in [5, 5.41) is 0. The van der Waals surface area contributed by atoms with Crippen LogP contribution in [-0.4, -0.2) is 51.5 Å². The van der Waals surface area contributed by atoms with Crippen molar-refractivity contribution in [3.05, 3.63) is 52.6 Å². The molecule has 0 aliphatic heterocycles. The molecule has 10 heteroatoms. The zero-order valence-corrected chi connectivity index (χ0v) is 27.5. The largest absolute Gasteiger partial charge is 0.629 e. The molecule has 9 nitrogen and oxygen atoms in total. The number of hydrogen-bond acceptors (Lipinski definition) is 7. The Labute approximate surface area is 264 Å². The minimum Gasteiger partial charge on any atom is -0.629 e. The Hall–Kier alpha value is -2.58. The topological polar surface area (TPSA) is 131 Å². The number of nitrogen functional groups attached to an aromatic ring is 1. The molecule has 2 aromatic heterocycles. The normalized spacial score (nSPS) is 12.0. The number of rotatable bonds is 26. The van der Waals surface area contributed by atoms with Crippen molar-refractivity contribution in [1.82, 2.24) is 19.5 Å². The van der Waals surface area contributed by atoms with Gasteiger partial charge in [-0.05, 0) is 24.8 Å². The predicted molar refractivity (Wildman–Crippen MR) is 181 cm³/mol. The number of H-pyrrole nitrogens is 1. The molecule has 1 unspecified atom stereocenters. The van der Waals surface area contributed by atoms with Gasteiger partial charge in [-0.1, -0.05) is 114 Å². The van der Waals surface area contributed by atoms with Crippen molar-refractivity contribution in [1.29, 1.82) is 0 Å². The number of aromatic nitrogens is 4. The summed E-state index contributed by atoms with van der Waals surface area (Å²) in [5.41, 5.74) is 7.35. The highest BCUT2D eigenvalue weighted by Gasteiger charge is 2.09. The van der Waals surface area contributed by atoms with Crippen LogP contribution in [0, 0.1) is 0 Å². The highest BCUT2D eigenvalue weighted by Crippen LogP contribution is 2.15. The summed E-state index contributed by atoms with van der Waals surface area (Å²) in [7, 11) is -1.54. The van der Waals surface area contributed by atoms with Crippen LogP contribution >= 0.6 is 7.77 Å². The molecule has 0 aliphatic carbocycles. The Morgan fingerprint density at radius 1 is 0.818 bits per heavy atom. The van der Waals surface area contributed by atoms with Crippen LogP contribution in [0.4, 0.5) is 5.95 Å². The van der Waals surface area contributed by atoms with Crippen molar-refractivity contribution in [3.8, 4) is 0 Å². The van der Waals surface area contributed by atoms with Crippen LogP contribution in [0.1, 0.15) is 108 Å². The lowest BCUT2D eigenvalue weighted by atomic mass is 10.0. The number of hydrogen-bond donors (Lipinski definition) is 2. The van der Waals surface area contributed by atoms with Crippen LogP contribution in [0.2, 0.25) is 0 Å². The molecule has 0 saturated heterocycles. The van der Waals surface area contributed by atoms with Gasteiger partial charge < -0.3 is 24.7 Å². The van der Waals surface area contributed by atoms with Gasteiger partial charge in [-0.15, -0.1) is 0 Å². The number of nitrogens with zero attached hydrogens (tertiary/aromatic N) is 3. The van der Waals surface area contributed by atoms with E-state index >= 15 is 0 Å². The van der Waals surface area contributed by atoms with Gasteiger partial charge >= 0.3 is 0 Å². The Morgan fingerprint density at radius 2 is 1.41 bits per heavy atom. The summed E-state index contributed by atoms with van der Waals surface area (Å²) in [6.45, 7) is 2.13. The molecule has 1 atom stereocenters. The monoisotopic (exact) mass is 627 g/mol. The average molecular weight is 628 g/mol. The fourth-order valence-corrected chi connectivity index (χ4v) is 6.19. The number of imidazole rings is 1. The molecule has 3 rings (SSSR count). The first kappa shape index (κ1) is 35.9. The van der Waals surface area contributed by atoms with Crippen molar-refractivity contribution in [2.45, 2.75) is 116 Å². The maximum absolute atomic E-state index is 12.2. The fraction of sp³-hybridized carbons (Fsp3) is 0.647. The predicted octanol–water partition coefficient (Wildman–Crippen LogP) is 6.74. The molecule has 44 heavy (non-hydrogen) atoms. The summed E-state index contributed by atoms with van der Waals surface area (Å²) in [6.07, 6.45) is 24.2. The number of nitrogens with two attached hydrogens (primary N) is 1. The number of anilines is 1. The molecular formula is C34H54N5O4P. The molecule has 0 amide bonds. The number of nitrogens with one attached hydrogen (secondary N) is 1. The maximum Gasteiger partial charge on any atom is 0.280 e. The van der Waals surface area contributed by atoms with E-state index in [4.69, 9.17) is 15.2 Å². The van der Waals surface area contributed by atoms with Gasteiger partial charge in [0, 0.05) is 19.6 Å². The highest BCUT2D eigenvalue weighted by molar-refractivity contribution is 7.49. The van der Waals surface area contributed by atoms with Gasteiger partial charge in [0.2, 0.25) is 11.9 Å². The number of unbranched alkanes of at least 4 members (excludes halogenated alkanes) is 14. The molecule has 0 bridgehead atoms. The average Bonchev–Trinajstić information content (AvgIpc) is 3.43. The highest BCUT2D eigenvalue weighted by atomic mass is 31.1. The van der Waals surface area contributed by atoms with Crippen molar-refractivity contribution in [3.63, 3.8) is 0 Å². The van der Waals surface area contributed by atoms with E-state index in [1.165, 1.54) is 114 Å². The van der Waals surface area contributed by atoms with Crippen molar-refractivity contribution >= 4 is 30.9 Å². The second kappa shape index (κ2) is 22.9. The van der Waals surface area contributed by atoms with Crippen LogP contribution in [0.3, 0.4) is 0 Å². The van der Waals surface area contributed by atoms with Gasteiger partial charge in [-0.3, -0.25) is 9.78 Å². The van der Waals surface area contributed by atoms with E-state index in [2.05, 4.69) is 45.3 Å². The first-order valence-electron chi connectivity index (χ1n) is 16.8. The summed E-state index contributed by atoms with van der Waals surface area (Å²) < 4.78 is 12.8. The van der Waals surface area contributed by atoms with Gasteiger partial charge in [-0.2, -0.15) is 4.98 Å². The molecule has 3 aromatic rings. The van der Waals surface area contributed by atoms with Crippen molar-refractivity contribution < 1.29 is 14.4 Å². The van der Waals surface area contributed by atoms with E-state index in [1.54, 1.807) is 4.57 Å². The summed E-state index contributed by atoms with van der Waals surface area (Å²) >= 11 is 0. The van der Waals surface area contributed by atoms with Crippen molar-refractivity contribution in [2.24, 2.45) is 0 Å². The Balaban J connectivity index is 1.01. The fourth-order valence-electron chi connectivity index (χ4n) is 5.37. The lowest BCUT2D eigenvalue weighted by molar-refractivity contribution is -0.153. The Morgan fingerprint density at radius 3 is 2.07 bits per heavy atom. The van der Waals surface area contributed by atoms with Gasteiger partial charge in [0.25, 0.3) is 5.56 Å². The minimum atomic E-state index is -1.54. The van der Waals surface area contributed by atoms with E-state index < -0.39 is 7.77 Å². The molecule has 244 valence electrons. The number of aryl methyl sites for hydroxylation is 1. The van der Waals surface area contributed by atoms with Gasteiger partial charge in [0.15, 0.2) is 11.2 Å². The minimum absolute atomic E-state index is 0.0422. The summed E-state index contributed by atoms with van der Waals surface area (Å²) in [6, 6.07) is 10.9. The van der Waals surface area contributed by atoms with Crippen LogP contribution in [-0.2, 0) is 22.4 Å². The van der Waals surface area contributed by atoms with Crippen LogP contribution in [0.15, 0.2) is 41.5 Å². The molecule has 0 fully saturated rings. The van der Waals surface area contributed by atoms with Crippen LogP contribution < -0.4 is 16.2 Å². The van der Waals surface area contributed by atoms with Gasteiger partial charge in [-0.25, -0.2) is 4.98 Å². The van der Waals surface area contributed by atoms with Crippen LogP contribution in [0.5, 0.6) is 0 Å². The first-order valence-corrected chi connectivity index (χ1v) is 18.4. The molecule has 2 heterocycles. The van der Waals surface area contributed by atoms with E-state index in [0.29, 0.717) is 31.6 Å². The van der Waals surface area contributed by atoms with Gasteiger partial charge in [0.1, 0.15) is 6.16 Å². The SMILES string of the molecule is Nc1nc2c(ncn2CCOC=[P+]([O-])CCCOCCCCCCCCCCCCCCCCCc2ccccc2)c(=O)[nH]1. The first-order chi connectivity index (χ1) is 21.6. The molecule has 3 N–H and O–H groups in total. The third kappa shape index (κ3) is 15.4. The molecule has 0 saturated carbocycles.